The van der Waals surface area contributed by atoms with E-state index in [9.17, 15) is 9.59 Å². The topological polar surface area (TPSA) is 88.4 Å². The van der Waals surface area contributed by atoms with Crippen molar-refractivity contribution in [2.45, 2.75) is 20.8 Å². The van der Waals surface area contributed by atoms with Crippen molar-refractivity contribution in [1.29, 1.82) is 0 Å². The van der Waals surface area contributed by atoms with Crippen LogP contribution in [0.25, 0.3) is 6.08 Å². The lowest BCUT2D eigenvalue weighted by Crippen LogP contribution is -2.28. The van der Waals surface area contributed by atoms with Crippen LogP contribution in [-0.4, -0.2) is 53.4 Å². The van der Waals surface area contributed by atoms with Gasteiger partial charge in [-0.1, -0.05) is 11.6 Å². The van der Waals surface area contributed by atoms with Gasteiger partial charge in [-0.15, -0.1) is 0 Å². The maximum Gasteiger partial charge on any atom is 0.341 e. The summed E-state index contributed by atoms with van der Waals surface area (Å²) in [4.78, 5) is 29.8. The summed E-state index contributed by atoms with van der Waals surface area (Å²) < 4.78 is 10.8. The van der Waals surface area contributed by atoms with Crippen molar-refractivity contribution in [2.75, 3.05) is 26.3 Å². The Hall–Kier alpha value is -2.19. The van der Waals surface area contributed by atoms with Gasteiger partial charge in [0.1, 0.15) is 0 Å². The lowest BCUT2D eigenvalue weighted by Gasteiger charge is -2.13. The molecular formula is C18H21ClN2O5S. The van der Waals surface area contributed by atoms with Crippen molar-refractivity contribution in [3.05, 3.63) is 27.6 Å². The summed E-state index contributed by atoms with van der Waals surface area (Å²) >= 11 is 7.57. The summed E-state index contributed by atoms with van der Waals surface area (Å²) in [7, 11) is 0. The number of amides is 1. The summed E-state index contributed by atoms with van der Waals surface area (Å²) in [6, 6.07) is 3.27. The standard InChI is InChI=1S/C18H21ClN2O5S/c1-4-20-18-21(5-2)17(24)14(27-18)9-11-7-12(19)16(26-10-15(22)23)13(8-11)25-6-3/h7-9H,4-6,10H2,1-3H3,(H,22,23)/b14-9+,20-18?. The van der Waals surface area contributed by atoms with Crippen LogP contribution in [0.1, 0.15) is 26.3 Å². The predicted molar refractivity (Wildman–Crippen MR) is 107 cm³/mol. The number of aliphatic imine (C=N–C) groups is 1. The molecule has 0 aliphatic carbocycles. The van der Waals surface area contributed by atoms with Gasteiger partial charge in [-0.25, -0.2) is 4.79 Å². The molecule has 0 spiro atoms. The number of carboxylic acids is 1. The van der Waals surface area contributed by atoms with E-state index in [4.69, 9.17) is 26.2 Å². The highest BCUT2D eigenvalue weighted by Gasteiger charge is 2.32. The third-order valence-electron chi connectivity index (χ3n) is 3.47. The zero-order valence-corrected chi connectivity index (χ0v) is 16.9. The first-order valence-corrected chi connectivity index (χ1v) is 9.67. The van der Waals surface area contributed by atoms with Crippen LogP contribution in [0, 0.1) is 0 Å². The van der Waals surface area contributed by atoms with E-state index in [1.165, 1.54) is 11.8 Å². The second kappa shape index (κ2) is 9.66. The molecule has 1 N–H and O–H groups in total. The maximum atomic E-state index is 12.6. The molecule has 1 heterocycles. The number of thioether (sulfide) groups is 1. The van der Waals surface area contributed by atoms with Gasteiger partial charge in [-0.05, 0) is 56.3 Å². The zero-order chi connectivity index (χ0) is 20.0. The van der Waals surface area contributed by atoms with Gasteiger partial charge in [0.25, 0.3) is 5.91 Å². The fraction of sp³-hybridized carbons (Fsp3) is 0.389. The number of carboxylic acid groups (broad SMARTS) is 1. The summed E-state index contributed by atoms with van der Waals surface area (Å²) in [6.45, 7) is 6.55. The second-order valence-electron chi connectivity index (χ2n) is 5.36. The van der Waals surface area contributed by atoms with Gasteiger partial charge >= 0.3 is 5.97 Å². The number of hydrogen-bond donors (Lipinski definition) is 1. The summed E-state index contributed by atoms with van der Waals surface area (Å²) in [6.07, 6.45) is 1.71. The minimum Gasteiger partial charge on any atom is -0.490 e. The number of carbonyl (C=O) groups excluding carboxylic acids is 1. The normalized spacial score (nSPS) is 17.0. The highest BCUT2D eigenvalue weighted by molar-refractivity contribution is 8.18. The van der Waals surface area contributed by atoms with E-state index < -0.39 is 12.6 Å². The van der Waals surface area contributed by atoms with Crippen molar-refractivity contribution in [3.63, 3.8) is 0 Å². The molecule has 1 amide bonds. The van der Waals surface area contributed by atoms with E-state index in [0.717, 1.165) is 0 Å². The first-order chi connectivity index (χ1) is 12.9. The van der Waals surface area contributed by atoms with Crippen LogP contribution in [0.2, 0.25) is 5.02 Å². The largest absolute Gasteiger partial charge is 0.490 e. The molecule has 0 unspecified atom stereocenters. The molecule has 0 aromatic heterocycles. The number of aliphatic carboxylic acids is 1. The number of rotatable bonds is 8. The van der Waals surface area contributed by atoms with Crippen molar-refractivity contribution in [3.8, 4) is 11.5 Å². The van der Waals surface area contributed by atoms with Gasteiger partial charge in [0.15, 0.2) is 23.3 Å². The highest BCUT2D eigenvalue weighted by atomic mass is 35.5. The number of carbonyl (C=O) groups is 2. The van der Waals surface area contributed by atoms with Crippen LogP contribution in [0.4, 0.5) is 0 Å². The number of likely N-dealkylation sites (N-methyl/N-ethyl adjacent to an activating group) is 1. The minimum atomic E-state index is -1.12. The van der Waals surface area contributed by atoms with Crippen LogP contribution in [-0.2, 0) is 9.59 Å². The van der Waals surface area contributed by atoms with Crippen LogP contribution < -0.4 is 9.47 Å². The van der Waals surface area contributed by atoms with Gasteiger partial charge in [0.2, 0.25) is 0 Å². The number of nitrogens with zero attached hydrogens (tertiary/aromatic N) is 2. The van der Waals surface area contributed by atoms with Crippen molar-refractivity contribution < 1.29 is 24.2 Å². The number of ether oxygens (including phenoxy) is 2. The molecule has 1 aromatic carbocycles. The van der Waals surface area contributed by atoms with E-state index in [2.05, 4.69) is 4.99 Å². The molecule has 9 heteroatoms. The lowest BCUT2D eigenvalue weighted by molar-refractivity contribution is -0.139. The molecule has 7 nitrogen and oxygen atoms in total. The maximum absolute atomic E-state index is 12.6. The quantitative estimate of drug-likeness (QED) is 0.657. The fourth-order valence-electron chi connectivity index (χ4n) is 2.40. The Morgan fingerprint density at radius 3 is 2.67 bits per heavy atom. The molecule has 0 bridgehead atoms. The second-order valence-corrected chi connectivity index (χ2v) is 6.78. The van der Waals surface area contributed by atoms with Gasteiger partial charge in [-0.3, -0.25) is 14.7 Å². The first-order valence-electron chi connectivity index (χ1n) is 8.47. The predicted octanol–water partition coefficient (Wildman–Crippen LogP) is 3.51. The Kier molecular flexibility index (Phi) is 7.55. The van der Waals surface area contributed by atoms with E-state index >= 15 is 0 Å². The van der Waals surface area contributed by atoms with E-state index in [-0.39, 0.29) is 16.7 Å². The van der Waals surface area contributed by atoms with Crippen LogP contribution in [0.5, 0.6) is 11.5 Å². The van der Waals surface area contributed by atoms with E-state index in [1.807, 2.05) is 13.8 Å². The molecule has 1 saturated heterocycles. The fourth-order valence-corrected chi connectivity index (χ4v) is 3.78. The summed E-state index contributed by atoms with van der Waals surface area (Å²) in [5, 5.41) is 9.68. The Balaban J connectivity index is 2.38. The third-order valence-corrected chi connectivity index (χ3v) is 4.79. The van der Waals surface area contributed by atoms with Crippen LogP contribution in [0.15, 0.2) is 22.0 Å². The molecular weight excluding hydrogens is 392 g/mol. The monoisotopic (exact) mass is 412 g/mol. The van der Waals surface area contributed by atoms with Crippen molar-refractivity contribution in [2.24, 2.45) is 4.99 Å². The highest BCUT2D eigenvalue weighted by Crippen LogP contribution is 2.39. The van der Waals surface area contributed by atoms with Crippen LogP contribution in [0.3, 0.4) is 0 Å². The van der Waals surface area contributed by atoms with Crippen molar-refractivity contribution >= 4 is 46.5 Å². The molecule has 1 fully saturated rings. The molecule has 2 rings (SSSR count). The average molecular weight is 413 g/mol. The minimum absolute atomic E-state index is 0.116. The molecule has 0 atom stereocenters. The Labute approximate surface area is 167 Å². The number of amidine groups is 1. The van der Waals surface area contributed by atoms with Crippen LogP contribution >= 0.6 is 23.4 Å². The molecule has 1 aliphatic rings. The number of hydrogen-bond acceptors (Lipinski definition) is 6. The number of halogens is 1. The molecule has 0 saturated carbocycles. The Bertz CT molecular complexity index is 794. The molecule has 27 heavy (non-hydrogen) atoms. The molecule has 1 aliphatic heterocycles. The van der Waals surface area contributed by atoms with Gasteiger partial charge in [0, 0.05) is 13.1 Å². The Morgan fingerprint density at radius 1 is 1.33 bits per heavy atom. The average Bonchev–Trinajstić information content (AvgIpc) is 2.89. The summed E-state index contributed by atoms with van der Waals surface area (Å²) in [5.74, 6) is -0.745. The van der Waals surface area contributed by atoms with Gasteiger partial charge in [-0.2, -0.15) is 0 Å². The SMILES string of the molecule is CCN=C1S/C(=C/c2cc(Cl)c(OCC(=O)O)c(OCC)c2)C(=O)N1CC. The summed E-state index contributed by atoms with van der Waals surface area (Å²) in [5.41, 5.74) is 0.649. The molecule has 1 aromatic rings. The molecule has 146 valence electrons. The first kappa shape index (κ1) is 21.1. The van der Waals surface area contributed by atoms with Crippen molar-refractivity contribution in [1.82, 2.24) is 4.90 Å². The zero-order valence-electron chi connectivity index (χ0n) is 15.3. The Morgan fingerprint density at radius 2 is 2.07 bits per heavy atom. The van der Waals surface area contributed by atoms with Gasteiger partial charge in [0.05, 0.1) is 16.5 Å². The van der Waals surface area contributed by atoms with E-state index in [1.54, 1.807) is 30.0 Å². The number of benzene rings is 1. The van der Waals surface area contributed by atoms with E-state index in [0.29, 0.717) is 41.1 Å². The lowest BCUT2D eigenvalue weighted by atomic mass is 10.1. The third kappa shape index (κ3) is 5.17. The smallest absolute Gasteiger partial charge is 0.341 e. The molecule has 0 radical (unpaired) electrons. The van der Waals surface area contributed by atoms with Gasteiger partial charge < -0.3 is 14.6 Å².